The molecule has 0 unspecified atom stereocenters. The first kappa shape index (κ1) is 41.9. The molecule has 3 amide bonds. The van der Waals surface area contributed by atoms with E-state index in [1.54, 1.807) is 49.8 Å². The summed E-state index contributed by atoms with van der Waals surface area (Å²) in [7, 11) is 1.56. The standard InChI is InChI=1S/C44H42N8O8S/c1-49(2)61(57,58)52(44(56)35-15-12-31(42(45)54)21-37(35)48-43(55)41-22-39(53)36-7-5-6-8-40(36)60-41)33-13-9-28(10-14-33)17-18-51(27-30-20-34(59-4)25-46-23-30)26-29-11-16-38-32(19-29)24-47-50(38)3/h5-16,19-25H,17-18,26-27H2,1-4H3,(H2,45,54)(H,48,55). The Hall–Kier alpha value is -7.21. The number of nitrogens with one attached hydrogen (secondary N) is 1. The number of pyridine rings is 1. The van der Waals surface area contributed by atoms with Gasteiger partial charge in [0, 0.05) is 64.0 Å². The highest BCUT2D eigenvalue weighted by atomic mass is 32.2. The molecular formula is C44H42N8O8S. The molecule has 0 saturated heterocycles. The second-order valence-corrected chi connectivity index (χ2v) is 16.4. The number of ether oxygens (including phenoxy) is 1. The number of para-hydroxylation sites is 1. The molecule has 0 aliphatic rings. The highest BCUT2D eigenvalue weighted by Gasteiger charge is 2.34. The second kappa shape index (κ2) is 17.6. The van der Waals surface area contributed by atoms with Crippen molar-refractivity contribution in [2.75, 3.05) is 37.4 Å². The molecule has 0 atom stereocenters. The number of benzene rings is 4. The van der Waals surface area contributed by atoms with E-state index in [0.29, 0.717) is 36.1 Å². The number of carbonyl (C=O) groups excluding carboxylic acids is 3. The van der Waals surface area contributed by atoms with Gasteiger partial charge in [-0.3, -0.25) is 33.7 Å². The summed E-state index contributed by atoms with van der Waals surface area (Å²) < 4.78 is 42.2. The van der Waals surface area contributed by atoms with Crippen LogP contribution < -0.4 is 25.5 Å². The Bertz CT molecular complexity index is 2960. The van der Waals surface area contributed by atoms with Gasteiger partial charge in [-0.05, 0) is 83.8 Å². The van der Waals surface area contributed by atoms with Gasteiger partial charge in [-0.15, -0.1) is 0 Å². The fourth-order valence-corrected chi connectivity index (χ4v) is 7.83. The number of carbonyl (C=O) groups is 3. The first-order valence-electron chi connectivity index (χ1n) is 19.0. The normalized spacial score (nSPS) is 11.6. The van der Waals surface area contributed by atoms with Crippen LogP contribution in [0.25, 0.3) is 21.9 Å². The lowest BCUT2D eigenvalue weighted by Crippen LogP contribution is -2.44. The number of hydrogen-bond donors (Lipinski definition) is 2. The van der Waals surface area contributed by atoms with Crippen molar-refractivity contribution in [3.8, 4) is 5.75 Å². The maximum Gasteiger partial charge on any atom is 0.310 e. The molecule has 7 aromatic rings. The van der Waals surface area contributed by atoms with E-state index in [9.17, 15) is 27.6 Å². The molecule has 3 N–H and O–H groups in total. The van der Waals surface area contributed by atoms with Gasteiger partial charge in [0.05, 0.1) is 47.3 Å². The highest BCUT2D eigenvalue weighted by molar-refractivity contribution is 7.91. The Morgan fingerprint density at radius 1 is 0.869 bits per heavy atom. The van der Waals surface area contributed by atoms with Gasteiger partial charge in [0.25, 0.3) is 11.8 Å². The van der Waals surface area contributed by atoms with Gasteiger partial charge in [0.1, 0.15) is 11.3 Å². The third-order valence-corrected chi connectivity index (χ3v) is 11.8. The number of hydrogen-bond acceptors (Lipinski definition) is 11. The number of fused-ring (bicyclic) bond motifs is 2. The predicted molar refractivity (Wildman–Crippen MR) is 231 cm³/mol. The highest BCUT2D eigenvalue weighted by Crippen LogP contribution is 2.28. The molecule has 0 radical (unpaired) electrons. The lowest BCUT2D eigenvalue weighted by Gasteiger charge is -2.27. The molecule has 0 aliphatic heterocycles. The maximum atomic E-state index is 14.5. The lowest BCUT2D eigenvalue weighted by molar-refractivity contribution is 0.0985. The molecule has 0 bridgehead atoms. The summed E-state index contributed by atoms with van der Waals surface area (Å²) in [5.41, 5.74) is 8.56. The van der Waals surface area contributed by atoms with E-state index in [1.165, 1.54) is 44.4 Å². The van der Waals surface area contributed by atoms with Gasteiger partial charge < -0.3 is 20.2 Å². The van der Waals surface area contributed by atoms with E-state index in [1.807, 2.05) is 30.1 Å². The molecule has 0 saturated carbocycles. The maximum absolute atomic E-state index is 14.5. The molecule has 17 heteroatoms. The lowest BCUT2D eigenvalue weighted by atomic mass is 10.1. The summed E-state index contributed by atoms with van der Waals surface area (Å²) in [5, 5.41) is 8.16. The summed E-state index contributed by atoms with van der Waals surface area (Å²) in [4.78, 5) is 59.6. The fourth-order valence-electron chi connectivity index (χ4n) is 6.80. The molecule has 61 heavy (non-hydrogen) atoms. The quantitative estimate of drug-likeness (QED) is 0.139. The molecule has 312 valence electrons. The summed E-state index contributed by atoms with van der Waals surface area (Å²) >= 11 is 0. The van der Waals surface area contributed by atoms with E-state index in [2.05, 4.69) is 32.4 Å². The van der Waals surface area contributed by atoms with Crippen LogP contribution in [0.4, 0.5) is 11.4 Å². The van der Waals surface area contributed by atoms with Crippen molar-refractivity contribution in [3.05, 3.63) is 159 Å². The van der Waals surface area contributed by atoms with Gasteiger partial charge in [-0.1, -0.05) is 30.3 Å². The zero-order valence-electron chi connectivity index (χ0n) is 33.7. The Morgan fingerprint density at radius 3 is 2.34 bits per heavy atom. The smallest absolute Gasteiger partial charge is 0.310 e. The minimum Gasteiger partial charge on any atom is -0.495 e. The number of methoxy groups -OCH3 is 1. The zero-order valence-corrected chi connectivity index (χ0v) is 34.5. The molecular weight excluding hydrogens is 801 g/mol. The number of amides is 3. The van der Waals surface area contributed by atoms with Crippen LogP contribution in [0, 0.1) is 0 Å². The third kappa shape index (κ3) is 9.18. The molecule has 4 aromatic carbocycles. The topological polar surface area (TPSA) is 203 Å². The average molecular weight is 843 g/mol. The van der Waals surface area contributed by atoms with E-state index in [-0.39, 0.29) is 39.2 Å². The van der Waals surface area contributed by atoms with Crippen LogP contribution in [0.1, 0.15) is 48.0 Å². The second-order valence-electron chi connectivity index (χ2n) is 14.4. The van der Waals surface area contributed by atoms with Crippen LogP contribution in [-0.2, 0) is 36.8 Å². The van der Waals surface area contributed by atoms with Crippen LogP contribution in [0.5, 0.6) is 5.75 Å². The number of nitrogens with two attached hydrogens (primary N) is 1. The molecule has 7 rings (SSSR count). The Labute approximate surface area is 350 Å². The van der Waals surface area contributed by atoms with Crippen molar-refractivity contribution in [3.63, 3.8) is 0 Å². The van der Waals surface area contributed by atoms with Gasteiger partial charge >= 0.3 is 10.2 Å². The van der Waals surface area contributed by atoms with Gasteiger partial charge in [0.2, 0.25) is 5.91 Å². The summed E-state index contributed by atoms with van der Waals surface area (Å²) in [6.07, 6.45) is 5.85. The van der Waals surface area contributed by atoms with E-state index in [4.69, 9.17) is 14.9 Å². The predicted octanol–water partition coefficient (Wildman–Crippen LogP) is 5.13. The first-order chi connectivity index (χ1) is 29.2. The minimum atomic E-state index is -4.50. The van der Waals surface area contributed by atoms with Crippen LogP contribution in [0.3, 0.4) is 0 Å². The largest absolute Gasteiger partial charge is 0.495 e. The monoisotopic (exact) mass is 842 g/mol. The van der Waals surface area contributed by atoms with Crippen molar-refractivity contribution in [1.29, 1.82) is 0 Å². The first-order valence-corrected chi connectivity index (χ1v) is 20.4. The number of primary amides is 1. The van der Waals surface area contributed by atoms with Gasteiger partial charge in [-0.25, -0.2) is 0 Å². The molecule has 0 spiro atoms. The zero-order chi connectivity index (χ0) is 43.4. The van der Waals surface area contributed by atoms with Crippen molar-refractivity contribution in [2.24, 2.45) is 12.8 Å². The molecule has 3 heterocycles. The number of nitrogens with zero attached hydrogens (tertiary/aromatic N) is 6. The molecule has 16 nitrogen and oxygen atoms in total. The third-order valence-electron chi connectivity index (χ3n) is 10.0. The van der Waals surface area contributed by atoms with E-state index >= 15 is 0 Å². The van der Waals surface area contributed by atoms with Crippen molar-refractivity contribution < 1.29 is 32.0 Å². The SMILES string of the molecule is COc1cncc(CN(CCc2ccc(N(C(=O)c3ccc(C(N)=O)cc3NC(=O)c3cc(=O)c4ccccc4o3)S(=O)(=O)N(C)C)cc2)Cc2ccc3c(cnn3C)c2)c1. The van der Waals surface area contributed by atoms with Crippen LogP contribution in [0.2, 0.25) is 0 Å². The summed E-state index contributed by atoms with van der Waals surface area (Å²) in [5.74, 6) is -2.58. The van der Waals surface area contributed by atoms with Crippen molar-refractivity contribution >= 4 is 61.2 Å². The molecule has 0 fully saturated rings. The number of anilines is 2. The summed E-state index contributed by atoms with van der Waals surface area (Å²) in [6.45, 7) is 1.79. The Kier molecular flexibility index (Phi) is 12.1. The van der Waals surface area contributed by atoms with Crippen LogP contribution in [-0.4, -0.2) is 77.9 Å². The van der Waals surface area contributed by atoms with Crippen molar-refractivity contribution in [1.82, 2.24) is 24.0 Å². The van der Waals surface area contributed by atoms with Crippen molar-refractivity contribution in [2.45, 2.75) is 19.5 Å². The van der Waals surface area contributed by atoms with Crippen LogP contribution in [0.15, 0.2) is 125 Å². The molecule has 3 aromatic heterocycles. The van der Waals surface area contributed by atoms with Crippen LogP contribution >= 0.6 is 0 Å². The number of aryl methyl sites for hydroxylation is 1. The molecule has 0 aliphatic carbocycles. The van der Waals surface area contributed by atoms with Gasteiger partial charge in [-0.2, -0.15) is 22.1 Å². The van der Waals surface area contributed by atoms with E-state index < -0.39 is 33.4 Å². The van der Waals surface area contributed by atoms with Gasteiger partial charge in [0.15, 0.2) is 11.2 Å². The summed E-state index contributed by atoms with van der Waals surface area (Å²) in [6, 6.07) is 25.7. The number of aromatic nitrogens is 3. The number of rotatable bonds is 15. The average Bonchev–Trinajstić information content (AvgIpc) is 3.62. The fraction of sp³-hybridized carbons (Fsp3) is 0.182. The Balaban J connectivity index is 1.16. The Morgan fingerprint density at radius 2 is 1.61 bits per heavy atom. The van der Waals surface area contributed by atoms with E-state index in [0.717, 1.165) is 44.0 Å². The minimum absolute atomic E-state index is 0.0170.